The zero-order valence-electron chi connectivity index (χ0n) is 9.96. The Kier molecular flexibility index (Phi) is 3.01. The van der Waals surface area contributed by atoms with Gasteiger partial charge in [-0.1, -0.05) is 36.7 Å². The summed E-state index contributed by atoms with van der Waals surface area (Å²) in [6.07, 6.45) is 1.07. The summed E-state index contributed by atoms with van der Waals surface area (Å²) >= 11 is 3.46. The van der Waals surface area contributed by atoms with Gasteiger partial charge < -0.3 is 10.5 Å². The molecule has 0 radical (unpaired) electrons. The lowest BCUT2D eigenvalue weighted by atomic mass is 9.82. The maximum Gasteiger partial charge on any atom is 0.124 e. The van der Waals surface area contributed by atoms with E-state index in [1.54, 1.807) is 0 Å². The van der Waals surface area contributed by atoms with Gasteiger partial charge in [0.05, 0.1) is 0 Å². The number of halogens is 1. The van der Waals surface area contributed by atoms with E-state index in [1.807, 2.05) is 12.1 Å². The Morgan fingerprint density at radius 3 is 2.69 bits per heavy atom. The average molecular weight is 284 g/mol. The molecule has 0 fully saturated rings. The van der Waals surface area contributed by atoms with E-state index in [2.05, 4.69) is 42.8 Å². The zero-order valence-corrected chi connectivity index (χ0v) is 11.5. The lowest BCUT2D eigenvalue weighted by molar-refractivity contribution is 0.0581. The molecule has 2 atom stereocenters. The monoisotopic (exact) mass is 283 g/mol. The van der Waals surface area contributed by atoms with Crippen molar-refractivity contribution in [3.63, 3.8) is 0 Å². The zero-order chi connectivity index (χ0) is 11.9. The molecule has 16 heavy (non-hydrogen) atoms. The molecule has 1 aliphatic rings. The first kappa shape index (κ1) is 11.9. The van der Waals surface area contributed by atoms with Gasteiger partial charge in [0.1, 0.15) is 11.9 Å². The molecule has 1 aromatic rings. The first-order valence-corrected chi connectivity index (χ1v) is 6.39. The van der Waals surface area contributed by atoms with Gasteiger partial charge in [-0.2, -0.15) is 0 Å². The summed E-state index contributed by atoms with van der Waals surface area (Å²) in [4.78, 5) is 0. The second-order valence-electron chi connectivity index (χ2n) is 5.50. The van der Waals surface area contributed by atoms with E-state index in [1.165, 1.54) is 0 Å². The predicted molar refractivity (Wildman–Crippen MR) is 69.6 cm³/mol. The molecule has 88 valence electrons. The highest BCUT2D eigenvalue weighted by atomic mass is 79.9. The highest BCUT2D eigenvalue weighted by molar-refractivity contribution is 9.10. The molecular weight excluding hydrogens is 266 g/mol. The van der Waals surface area contributed by atoms with E-state index in [-0.39, 0.29) is 17.6 Å². The average Bonchev–Trinajstić information content (AvgIpc) is 2.17. The molecule has 3 heteroatoms. The van der Waals surface area contributed by atoms with Crippen LogP contribution in [0.15, 0.2) is 22.7 Å². The smallest absolute Gasteiger partial charge is 0.124 e. The van der Waals surface area contributed by atoms with E-state index in [4.69, 9.17) is 10.5 Å². The summed E-state index contributed by atoms with van der Waals surface area (Å²) in [5, 5.41) is 0. The minimum atomic E-state index is 0.0745. The van der Waals surface area contributed by atoms with Crippen LogP contribution in [0, 0.1) is 5.41 Å². The fourth-order valence-corrected chi connectivity index (χ4v) is 2.38. The lowest BCUT2D eigenvalue weighted by Crippen LogP contribution is -2.38. The van der Waals surface area contributed by atoms with E-state index >= 15 is 0 Å². The molecule has 1 heterocycles. The SMILES string of the molecule is CC(C)(C)C1CC(N)c2cc(Br)ccc2O1. The van der Waals surface area contributed by atoms with Crippen LogP contribution < -0.4 is 10.5 Å². The number of benzene rings is 1. The molecule has 2 rings (SSSR count). The Hall–Kier alpha value is -0.540. The van der Waals surface area contributed by atoms with Crippen LogP contribution in [0.5, 0.6) is 5.75 Å². The second kappa shape index (κ2) is 4.04. The molecule has 1 aliphatic heterocycles. The quantitative estimate of drug-likeness (QED) is 0.789. The van der Waals surface area contributed by atoms with E-state index in [0.717, 1.165) is 22.2 Å². The van der Waals surface area contributed by atoms with Gasteiger partial charge in [0.25, 0.3) is 0 Å². The molecule has 0 saturated carbocycles. The molecule has 0 aromatic heterocycles. The predicted octanol–water partition coefficient (Wildman–Crippen LogP) is 3.65. The maximum absolute atomic E-state index is 6.20. The third-order valence-corrected chi connectivity index (χ3v) is 3.57. The Morgan fingerprint density at radius 1 is 1.38 bits per heavy atom. The van der Waals surface area contributed by atoms with Crippen molar-refractivity contribution >= 4 is 15.9 Å². The first-order valence-electron chi connectivity index (χ1n) is 5.59. The maximum atomic E-state index is 6.20. The summed E-state index contributed by atoms with van der Waals surface area (Å²) < 4.78 is 7.08. The minimum absolute atomic E-state index is 0.0745. The van der Waals surface area contributed by atoms with E-state index in [0.29, 0.717) is 0 Å². The van der Waals surface area contributed by atoms with Crippen LogP contribution in [-0.2, 0) is 0 Å². The number of nitrogens with two attached hydrogens (primary N) is 1. The summed E-state index contributed by atoms with van der Waals surface area (Å²) in [6.45, 7) is 6.57. The molecule has 0 saturated heterocycles. The van der Waals surface area contributed by atoms with Gasteiger partial charge in [-0.3, -0.25) is 0 Å². The summed E-state index contributed by atoms with van der Waals surface area (Å²) in [6, 6.07) is 6.12. The molecular formula is C13H18BrNO. The third-order valence-electron chi connectivity index (χ3n) is 3.07. The molecule has 2 N–H and O–H groups in total. The number of ether oxygens (including phenoxy) is 1. The highest BCUT2D eigenvalue weighted by Crippen LogP contribution is 2.40. The molecule has 1 aromatic carbocycles. The standard InChI is InChI=1S/C13H18BrNO/c1-13(2,3)12-7-10(15)9-6-8(14)4-5-11(9)16-12/h4-6,10,12H,7,15H2,1-3H3. The van der Waals surface area contributed by atoms with Gasteiger partial charge in [-0.25, -0.2) is 0 Å². The summed E-state index contributed by atoms with van der Waals surface area (Å²) in [7, 11) is 0. The van der Waals surface area contributed by atoms with Crippen molar-refractivity contribution in [2.45, 2.75) is 39.3 Å². The van der Waals surface area contributed by atoms with Crippen LogP contribution in [0.25, 0.3) is 0 Å². The fourth-order valence-electron chi connectivity index (χ4n) is 2.01. The van der Waals surface area contributed by atoms with Crippen molar-refractivity contribution in [2.75, 3.05) is 0 Å². The van der Waals surface area contributed by atoms with Crippen LogP contribution in [0.3, 0.4) is 0 Å². The Bertz CT molecular complexity index is 397. The number of rotatable bonds is 0. The molecule has 2 unspecified atom stereocenters. The Labute approximate surface area is 105 Å². The number of fused-ring (bicyclic) bond motifs is 1. The molecule has 0 aliphatic carbocycles. The largest absolute Gasteiger partial charge is 0.489 e. The number of hydrogen-bond donors (Lipinski definition) is 1. The van der Waals surface area contributed by atoms with Crippen molar-refractivity contribution in [1.82, 2.24) is 0 Å². The Morgan fingerprint density at radius 2 is 2.06 bits per heavy atom. The van der Waals surface area contributed by atoms with Crippen molar-refractivity contribution < 1.29 is 4.74 Å². The van der Waals surface area contributed by atoms with Gasteiger partial charge >= 0.3 is 0 Å². The third kappa shape index (κ3) is 2.25. The van der Waals surface area contributed by atoms with E-state index < -0.39 is 0 Å². The van der Waals surface area contributed by atoms with Gasteiger partial charge in [0.2, 0.25) is 0 Å². The van der Waals surface area contributed by atoms with Crippen LogP contribution in [0.1, 0.15) is 38.8 Å². The molecule has 0 spiro atoms. The van der Waals surface area contributed by atoms with Crippen LogP contribution in [0.4, 0.5) is 0 Å². The van der Waals surface area contributed by atoms with Crippen LogP contribution in [-0.4, -0.2) is 6.10 Å². The highest BCUT2D eigenvalue weighted by Gasteiger charge is 2.33. The Balaban J connectivity index is 2.34. The molecule has 0 amide bonds. The minimum Gasteiger partial charge on any atom is -0.489 e. The number of hydrogen-bond acceptors (Lipinski definition) is 2. The topological polar surface area (TPSA) is 35.2 Å². The second-order valence-corrected chi connectivity index (χ2v) is 6.41. The fraction of sp³-hybridized carbons (Fsp3) is 0.538. The van der Waals surface area contributed by atoms with Crippen molar-refractivity contribution in [3.05, 3.63) is 28.2 Å². The normalized spacial score (nSPS) is 24.8. The van der Waals surface area contributed by atoms with Gasteiger partial charge in [0, 0.05) is 22.5 Å². The van der Waals surface area contributed by atoms with Gasteiger partial charge in [-0.05, 0) is 23.6 Å². The van der Waals surface area contributed by atoms with Gasteiger partial charge in [0.15, 0.2) is 0 Å². The van der Waals surface area contributed by atoms with Crippen LogP contribution in [0.2, 0.25) is 0 Å². The molecule has 2 nitrogen and oxygen atoms in total. The lowest BCUT2D eigenvalue weighted by Gasteiger charge is -2.38. The van der Waals surface area contributed by atoms with E-state index in [9.17, 15) is 0 Å². The van der Waals surface area contributed by atoms with Crippen LogP contribution >= 0.6 is 15.9 Å². The molecule has 0 bridgehead atoms. The van der Waals surface area contributed by atoms with Crippen molar-refractivity contribution in [1.29, 1.82) is 0 Å². The van der Waals surface area contributed by atoms with Crippen molar-refractivity contribution in [2.24, 2.45) is 11.1 Å². The summed E-state index contributed by atoms with van der Waals surface area (Å²) in [5.74, 6) is 0.932. The van der Waals surface area contributed by atoms with Gasteiger partial charge in [-0.15, -0.1) is 0 Å². The summed E-state index contributed by atoms with van der Waals surface area (Å²) in [5.41, 5.74) is 7.44. The van der Waals surface area contributed by atoms with Crippen molar-refractivity contribution in [3.8, 4) is 5.75 Å². The first-order chi connectivity index (χ1) is 7.38.